The van der Waals surface area contributed by atoms with Gasteiger partial charge in [0.2, 0.25) is 41.4 Å². The lowest BCUT2D eigenvalue weighted by Crippen LogP contribution is -2.61. The number of carbonyl (C=O) groups excluding carboxylic acids is 7. The third-order valence-corrected chi connectivity index (χ3v) is 9.39. The van der Waals surface area contributed by atoms with Crippen molar-refractivity contribution in [3.8, 4) is 0 Å². The minimum absolute atomic E-state index is 0.00423. The number of aliphatic carboxylic acids is 1. The standard InChI is InChI=1S/C40H62N8O9/c1-25(2)21-30(37(53)46-32(40(56)57)23-28-15-10-7-11-16-28)44-39(55)33(24-42-35(51)17-12-20-48(4)5)47-38(54)31(22-27-13-8-6-9-14-27)45-36(52)29(43-26(3)49)18-19-34(41)50/h7,10-12,15-17,25,27,29-33H,6,8-9,13-14,18-24H2,1-5H3,(H2,41,50)(H,42,51)(H,43,49)(H,44,55)(H,45,52)(H,46,53)(H,47,54)(H,56,57)/b17-12+/t29-,30-,31-,32-,33-/m0/s1. The van der Waals surface area contributed by atoms with Gasteiger partial charge in [0, 0.05) is 38.9 Å². The van der Waals surface area contributed by atoms with Crippen molar-refractivity contribution in [2.24, 2.45) is 17.6 Å². The second-order valence-electron chi connectivity index (χ2n) is 15.3. The summed E-state index contributed by atoms with van der Waals surface area (Å²) < 4.78 is 0. The molecule has 1 aromatic rings. The highest BCUT2D eigenvalue weighted by Gasteiger charge is 2.34. The smallest absolute Gasteiger partial charge is 0.326 e. The Labute approximate surface area is 335 Å². The van der Waals surface area contributed by atoms with Crippen LogP contribution in [0.15, 0.2) is 42.5 Å². The topological polar surface area (TPSA) is 258 Å². The minimum Gasteiger partial charge on any atom is -0.480 e. The summed E-state index contributed by atoms with van der Waals surface area (Å²) in [5.41, 5.74) is 5.97. The van der Waals surface area contributed by atoms with Gasteiger partial charge >= 0.3 is 5.97 Å². The Bertz CT molecular complexity index is 1550. The molecule has 17 nitrogen and oxygen atoms in total. The normalized spacial score (nSPS) is 15.8. The average molecular weight is 799 g/mol. The Morgan fingerprint density at radius 2 is 1.35 bits per heavy atom. The third kappa shape index (κ3) is 19.4. The van der Waals surface area contributed by atoms with Gasteiger partial charge in [0.25, 0.3) is 0 Å². The summed E-state index contributed by atoms with van der Waals surface area (Å²) in [7, 11) is 3.64. The van der Waals surface area contributed by atoms with Crippen LogP contribution in [-0.4, -0.2) is 115 Å². The molecule has 17 heteroatoms. The molecule has 0 aliphatic heterocycles. The highest BCUT2D eigenvalue weighted by Crippen LogP contribution is 2.27. The van der Waals surface area contributed by atoms with E-state index in [1.807, 2.05) is 32.8 Å². The van der Waals surface area contributed by atoms with E-state index >= 15 is 0 Å². The van der Waals surface area contributed by atoms with E-state index < -0.39 is 84.1 Å². The lowest BCUT2D eigenvalue weighted by Gasteiger charge is -2.30. The molecular formula is C40H62N8O9. The van der Waals surface area contributed by atoms with Gasteiger partial charge in [-0.3, -0.25) is 33.6 Å². The van der Waals surface area contributed by atoms with Crippen LogP contribution in [0.3, 0.4) is 0 Å². The Morgan fingerprint density at radius 1 is 0.789 bits per heavy atom. The number of carbonyl (C=O) groups is 8. The molecule has 5 atom stereocenters. The van der Waals surface area contributed by atoms with Crippen LogP contribution in [0.25, 0.3) is 0 Å². The second-order valence-corrected chi connectivity index (χ2v) is 15.3. The number of hydrogen-bond acceptors (Lipinski definition) is 9. The SMILES string of the molecule is CC(=O)N[C@@H](CCC(N)=O)C(=O)N[C@@H](CC1CCCCC1)C(=O)N[C@@H](CNC(=O)/C=C/CN(C)C)C(=O)N[C@@H](CC(C)C)C(=O)N[C@@H](Cc1ccccc1)C(=O)O. The first-order valence-electron chi connectivity index (χ1n) is 19.6. The number of rotatable bonds is 24. The van der Waals surface area contributed by atoms with Crippen molar-refractivity contribution in [3.05, 3.63) is 48.0 Å². The van der Waals surface area contributed by atoms with Gasteiger partial charge in [-0.25, -0.2) is 4.79 Å². The van der Waals surface area contributed by atoms with Gasteiger partial charge in [-0.2, -0.15) is 0 Å². The van der Waals surface area contributed by atoms with Gasteiger partial charge in [0.05, 0.1) is 0 Å². The maximum absolute atomic E-state index is 14.1. The maximum Gasteiger partial charge on any atom is 0.326 e. The lowest BCUT2D eigenvalue weighted by atomic mass is 9.84. The number of hydrogen-bond donors (Lipinski definition) is 8. The van der Waals surface area contributed by atoms with Crippen molar-refractivity contribution in [1.82, 2.24) is 36.8 Å². The fraction of sp³-hybridized carbons (Fsp3) is 0.600. The molecule has 9 N–H and O–H groups in total. The van der Waals surface area contributed by atoms with Crippen molar-refractivity contribution in [1.29, 1.82) is 0 Å². The first-order chi connectivity index (χ1) is 26.9. The number of primary amides is 1. The van der Waals surface area contributed by atoms with Crippen molar-refractivity contribution in [3.63, 3.8) is 0 Å². The van der Waals surface area contributed by atoms with E-state index in [0.717, 1.165) is 32.1 Å². The first-order valence-corrected chi connectivity index (χ1v) is 19.6. The van der Waals surface area contributed by atoms with Crippen LogP contribution >= 0.6 is 0 Å². The summed E-state index contributed by atoms with van der Waals surface area (Å²) >= 11 is 0. The molecular weight excluding hydrogens is 736 g/mol. The fourth-order valence-corrected chi connectivity index (χ4v) is 6.47. The van der Waals surface area contributed by atoms with Gasteiger partial charge in [0.1, 0.15) is 30.2 Å². The van der Waals surface area contributed by atoms with Crippen LogP contribution < -0.4 is 37.6 Å². The molecule has 1 fully saturated rings. The number of amides is 7. The summed E-state index contributed by atoms with van der Waals surface area (Å²) in [5, 5.41) is 25.6. The van der Waals surface area contributed by atoms with Crippen LogP contribution in [-0.2, 0) is 44.8 Å². The van der Waals surface area contributed by atoms with Gasteiger partial charge in [-0.15, -0.1) is 0 Å². The summed E-state index contributed by atoms with van der Waals surface area (Å²) in [4.78, 5) is 106. The molecule has 0 spiro atoms. The maximum atomic E-state index is 14.1. The second kappa shape index (κ2) is 25.0. The lowest BCUT2D eigenvalue weighted by molar-refractivity contribution is -0.142. The predicted octanol–water partition coefficient (Wildman–Crippen LogP) is 0.274. The zero-order valence-corrected chi connectivity index (χ0v) is 33.8. The molecule has 0 radical (unpaired) electrons. The molecule has 0 aromatic heterocycles. The van der Waals surface area contributed by atoms with Crippen molar-refractivity contribution in [2.75, 3.05) is 27.2 Å². The third-order valence-electron chi connectivity index (χ3n) is 9.39. The monoisotopic (exact) mass is 798 g/mol. The Kier molecular flexibility index (Phi) is 21.0. The Morgan fingerprint density at radius 3 is 1.93 bits per heavy atom. The number of nitrogens with zero attached hydrogens (tertiary/aromatic N) is 1. The predicted molar refractivity (Wildman–Crippen MR) is 213 cm³/mol. The minimum atomic E-state index is -1.45. The summed E-state index contributed by atoms with van der Waals surface area (Å²) in [6, 6.07) is 2.43. The van der Waals surface area contributed by atoms with E-state index in [4.69, 9.17) is 5.73 Å². The number of likely N-dealkylation sites (N-methyl/N-ethyl adjacent to an activating group) is 1. The Balaban J connectivity index is 2.41. The molecule has 1 aliphatic rings. The van der Waals surface area contributed by atoms with Crippen LogP contribution in [0.4, 0.5) is 0 Å². The average Bonchev–Trinajstić information content (AvgIpc) is 3.14. The molecule has 0 unspecified atom stereocenters. The van der Waals surface area contributed by atoms with Crippen molar-refractivity contribution in [2.45, 2.75) is 115 Å². The van der Waals surface area contributed by atoms with Gasteiger partial charge in [-0.1, -0.05) is 82.4 Å². The van der Waals surface area contributed by atoms with E-state index in [1.165, 1.54) is 13.0 Å². The van der Waals surface area contributed by atoms with E-state index in [9.17, 15) is 43.5 Å². The number of nitrogens with two attached hydrogens (primary N) is 1. The Hall–Kier alpha value is -5.32. The van der Waals surface area contributed by atoms with Gasteiger partial charge in [-0.05, 0) is 50.8 Å². The van der Waals surface area contributed by atoms with E-state index in [2.05, 4.69) is 31.9 Å². The summed E-state index contributed by atoms with van der Waals surface area (Å²) in [5.74, 6) is -6.15. The van der Waals surface area contributed by atoms with Crippen molar-refractivity contribution >= 4 is 47.3 Å². The number of nitrogens with one attached hydrogen (secondary N) is 6. The molecule has 1 aliphatic carbocycles. The molecule has 57 heavy (non-hydrogen) atoms. The van der Waals surface area contributed by atoms with Gasteiger partial charge in [0.15, 0.2) is 0 Å². The highest BCUT2D eigenvalue weighted by atomic mass is 16.4. The van der Waals surface area contributed by atoms with E-state index in [1.54, 1.807) is 36.4 Å². The molecule has 1 saturated carbocycles. The van der Waals surface area contributed by atoms with E-state index in [0.29, 0.717) is 12.1 Å². The molecule has 1 aromatic carbocycles. The zero-order valence-electron chi connectivity index (χ0n) is 33.8. The molecule has 0 bridgehead atoms. The van der Waals surface area contributed by atoms with Crippen molar-refractivity contribution < 1.29 is 43.5 Å². The molecule has 0 saturated heterocycles. The number of benzene rings is 1. The molecule has 7 amide bonds. The van der Waals surface area contributed by atoms with Crippen LogP contribution in [0, 0.1) is 11.8 Å². The van der Waals surface area contributed by atoms with E-state index in [-0.39, 0.29) is 43.9 Å². The number of carboxylic acids is 1. The molecule has 2 rings (SSSR count). The number of carboxylic acid groups (broad SMARTS) is 1. The highest BCUT2D eigenvalue weighted by molar-refractivity contribution is 5.96. The van der Waals surface area contributed by atoms with Crippen LogP contribution in [0.1, 0.15) is 84.1 Å². The largest absolute Gasteiger partial charge is 0.480 e. The van der Waals surface area contributed by atoms with Crippen LogP contribution in [0.5, 0.6) is 0 Å². The van der Waals surface area contributed by atoms with Crippen LogP contribution in [0.2, 0.25) is 0 Å². The molecule has 0 heterocycles. The first kappa shape index (κ1) is 47.8. The molecule has 316 valence electrons. The quantitative estimate of drug-likeness (QED) is 0.0663. The van der Waals surface area contributed by atoms with Gasteiger partial charge < -0.3 is 47.6 Å². The summed E-state index contributed by atoms with van der Waals surface area (Å²) in [6.07, 6.45) is 7.44. The zero-order chi connectivity index (χ0) is 42.5. The fourth-order valence-electron chi connectivity index (χ4n) is 6.47. The summed E-state index contributed by atoms with van der Waals surface area (Å²) in [6.45, 7) is 4.91.